The van der Waals surface area contributed by atoms with Gasteiger partial charge in [0.1, 0.15) is 0 Å². The number of nitrogens with zero attached hydrogens (tertiary/aromatic N) is 2. The molecular formula is C9H13ClFN3S. The molecular weight excluding hydrogens is 237 g/mol. The molecule has 0 aliphatic heterocycles. The highest BCUT2D eigenvalue weighted by Gasteiger charge is 2.16. The topological polar surface area (TPSA) is 37.8 Å². The summed E-state index contributed by atoms with van der Waals surface area (Å²) >= 11 is 7.26. The second-order valence-electron chi connectivity index (χ2n) is 3.65. The summed E-state index contributed by atoms with van der Waals surface area (Å²) in [4.78, 5) is 7.31. The molecule has 0 aliphatic rings. The molecule has 0 saturated carbocycles. The number of thioether (sulfide) groups is 1. The van der Waals surface area contributed by atoms with Gasteiger partial charge in [0.05, 0.1) is 6.20 Å². The van der Waals surface area contributed by atoms with Gasteiger partial charge in [0.2, 0.25) is 5.28 Å². The molecule has 0 spiro atoms. The molecule has 0 aliphatic carbocycles. The Morgan fingerprint density at radius 1 is 1.60 bits per heavy atom. The first-order valence-corrected chi connectivity index (χ1v) is 6.02. The summed E-state index contributed by atoms with van der Waals surface area (Å²) in [6.45, 7) is 4.73. The van der Waals surface area contributed by atoms with Gasteiger partial charge in [0, 0.05) is 11.3 Å². The fraction of sp³-hybridized carbons (Fsp3) is 0.556. The maximum atomic E-state index is 13.2. The van der Waals surface area contributed by atoms with Crippen molar-refractivity contribution in [3.63, 3.8) is 0 Å². The van der Waals surface area contributed by atoms with Gasteiger partial charge in [-0.2, -0.15) is 16.7 Å². The number of hydrogen-bond donors (Lipinski definition) is 1. The summed E-state index contributed by atoms with van der Waals surface area (Å²) in [5.74, 6) is -0.339. The molecule has 0 saturated heterocycles. The molecule has 0 radical (unpaired) electrons. The molecule has 0 atom stereocenters. The zero-order chi connectivity index (χ0) is 11.5. The third-order valence-electron chi connectivity index (χ3n) is 1.95. The minimum Gasteiger partial charge on any atom is -0.366 e. The van der Waals surface area contributed by atoms with E-state index in [1.807, 2.05) is 6.26 Å². The minimum atomic E-state index is -0.490. The highest BCUT2D eigenvalue weighted by molar-refractivity contribution is 7.99. The van der Waals surface area contributed by atoms with Crippen molar-refractivity contribution in [2.75, 3.05) is 18.1 Å². The van der Waals surface area contributed by atoms with Gasteiger partial charge in [-0.3, -0.25) is 0 Å². The van der Waals surface area contributed by atoms with E-state index in [1.165, 1.54) is 0 Å². The molecule has 1 N–H and O–H groups in total. The van der Waals surface area contributed by atoms with Crippen molar-refractivity contribution >= 4 is 29.2 Å². The van der Waals surface area contributed by atoms with Crippen LogP contribution in [0.4, 0.5) is 10.2 Å². The van der Waals surface area contributed by atoms with Crippen molar-refractivity contribution in [1.29, 1.82) is 0 Å². The molecule has 1 rings (SSSR count). The Kier molecular flexibility index (Phi) is 4.16. The van der Waals surface area contributed by atoms with Crippen LogP contribution in [-0.2, 0) is 0 Å². The first kappa shape index (κ1) is 12.5. The van der Waals surface area contributed by atoms with E-state index < -0.39 is 5.82 Å². The molecule has 1 aromatic heterocycles. The van der Waals surface area contributed by atoms with Crippen molar-refractivity contribution in [2.24, 2.45) is 0 Å². The van der Waals surface area contributed by atoms with Crippen LogP contribution in [0.15, 0.2) is 6.20 Å². The van der Waals surface area contributed by atoms with Crippen LogP contribution in [-0.4, -0.2) is 27.5 Å². The smallest absolute Gasteiger partial charge is 0.224 e. The van der Waals surface area contributed by atoms with Gasteiger partial charge in [-0.15, -0.1) is 0 Å². The molecule has 1 aromatic rings. The van der Waals surface area contributed by atoms with E-state index in [9.17, 15) is 4.39 Å². The van der Waals surface area contributed by atoms with Gasteiger partial charge >= 0.3 is 0 Å². The Morgan fingerprint density at radius 3 is 2.87 bits per heavy atom. The summed E-state index contributed by atoms with van der Waals surface area (Å²) in [5, 5.41) is 2.96. The number of anilines is 1. The molecule has 3 nitrogen and oxygen atoms in total. The van der Waals surface area contributed by atoms with Crippen LogP contribution in [0.1, 0.15) is 13.8 Å². The number of rotatable bonds is 4. The summed E-state index contributed by atoms with van der Waals surface area (Å²) in [6.07, 6.45) is 3.06. The van der Waals surface area contributed by atoms with E-state index in [1.54, 1.807) is 11.8 Å². The molecule has 6 heteroatoms. The zero-order valence-electron chi connectivity index (χ0n) is 8.84. The van der Waals surface area contributed by atoms with Gasteiger partial charge in [0.15, 0.2) is 11.6 Å². The van der Waals surface area contributed by atoms with Crippen molar-refractivity contribution < 1.29 is 4.39 Å². The van der Waals surface area contributed by atoms with Crippen molar-refractivity contribution in [3.8, 4) is 0 Å². The monoisotopic (exact) mass is 249 g/mol. The van der Waals surface area contributed by atoms with Crippen LogP contribution in [0.25, 0.3) is 0 Å². The van der Waals surface area contributed by atoms with Crippen molar-refractivity contribution in [1.82, 2.24) is 9.97 Å². The van der Waals surface area contributed by atoms with Gasteiger partial charge in [-0.1, -0.05) is 0 Å². The third-order valence-corrected chi connectivity index (χ3v) is 3.38. The molecule has 0 fully saturated rings. The Morgan fingerprint density at radius 2 is 2.27 bits per heavy atom. The number of halogens is 2. The number of nitrogens with one attached hydrogen (secondary N) is 1. The molecule has 0 bridgehead atoms. The van der Waals surface area contributed by atoms with E-state index in [4.69, 9.17) is 11.6 Å². The standard InChI is InChI=1S/C9H13ClFN3S/c1-9(2,15-3)5-13-7-6(11)4-12-8(10)14-7/h4H,5H2,1-3H3,(H,12,13,14). The number of aromatic nitrogens is 2. The molecule has 0 amide bonds. The summed E-state index contributed by atoms with van der Waals surface area (Å²) in [6, 6.07) is 0. The van der Waals surface area contributed by atoms with E-state index in [0.29, 0.717) is 6.54 Å². The zero-order valence-corrected chi connectivity index (χ0v) is 10.4. The van der Waals surface area contributed by atoms with E-state index >= 15 is 0 Å². The third kappa shape index (κ3) is 3.83. The lowest BCUT2D eigenvalue weighted by Gasteiger charge is -2.22. The molecule has 0 unspecified atom stereocenters. The van der Waals surface area contributed by atoms with E-state index in [-0.39, 0.29) is 15.8 Å². The first-order chi connectivity index (χ1) is 6.94. The Bertz CT molecular complexity index is 346. The SMILES string of the molecule is CSC(C)(C)CNc1nc(Cl)ncc1F. The Labute approximate surface area is 97.8 Å². The lowest BCUT2D eigenvalue weighted by molar-refractivity contribution is 0.614. The van der Waals surface area contributed by atoms with Gasteiger partial charge in [0.25, 0.3) is 0 Å². The van der Waals surface area contributed by atoms with E-state index in [0.717, 1.165) is 6.20 Å². The van der Waals surface area contributed by atoms with Crippen LogP contribution >= 0.6 is 23.4 Å². The van der Waals surface area contributed by atoms with Crippen molar-refractivity contribution in [2.45, 2.75) is 18.6 Å². The highest BCUT2D eigenvalue weighted by Crippen LogP contribution is 2.22. The second-order valence-corrected chi connectivity index (χ2v) is 5.50. The van der Waals surface area contributed by atoms with Crippen LogP contribution in [0.2, 0.25) is 5.28 Å². The fourth-order valence-corrected chi connectivity index (χ4v) is 1.19. The summed E-state index contributed by atoms with van der Waals surface area (Å²) in [5.41, 5.74) is 0. The van der Waals surface area contributed by atoms with E-state index in [2.05, 4.69) is 29.1 Å². The van der Waals surface area contributed by atoms with Gasteiger partial charge in [-0.05, 0) is 31.7 Å². The Balaban J connectivity index is 2.69. The molecule has 84 valence electrons. The van der Waals surface area contributed by atoms with Crippen molar-refractivity contribution in [3.05, 3.63) is 17.3 Å². The van der Waals surface area contributed by atoms with Gasteiger partial charge in [-0.25, -0.2) is 9.37 Å². The predicted octanol–water partition coefficient (Wildman–Crippen LogP) is 2.82. The van der Waals surface area contributed by atoms with Crippen LogP contribution in [0, 0.1) is 5.82 Å². The van der Waals surface area contributed by atoms with Crippen LogP contribution in [0.5, 0.6) is 0 Å². The van der Waals surface area contributed by atoms with Crippen LogP contribution in [0.3, 0.4) is 0 Å². The largest absolute Gasteiger partial charge is 0.366 e. The minimum absolute atomic E-state index is 0.0177. The lowest BCUT2D eigenvalue weighted by Crippen LogP contribution is -2.26. The van der Waals surface area contributed by atoms with Crippen LogP contribution < -0.4 is 5.32 Å². The second kappa shape index (κ2) is 4.99. The fourth-order valence-electron chi connectivity index (χ4n) is 0.838. The average Bonchev–Trinajstić information content (AvgIpc) is 2.20. The van der Waals surface area contributed by atoms with Gasteiger partial charge < -0.3 is 5.32 Å². The quantitative estimate of drug-likeness (QED) is 0.833. The number of hydrogen-bond acceptors (Lipinski definition) is 4. The Hall–Kier alpha value is -0.550. The summed E-state index contributed by atoms with van der Waals surface area (Å²) in [7, 11) is 0. The lowest BCUT2D eigenvalue weighted by atomic mass is 10.2. The maximum Gasteiger partial charge on any atom is 0.224 e. The first-order valence-electron chi connectivity index (χ1n) is 4.42. The summed E-state index contributed by atoms with van der Waals surface area (Å²) < 4.78 is 13.2. The normalized spacial score (nSPS) is 11.5. The molecule has 1 heterocycles. The average molecular weight is 250 g/mol. The highest BCUT2D eigenvalue weighted by atomic mass is 35.5. The molecule has 0 aromatic carbocycles. The maximum absolute atomic E-state index is 13.2. The predicted molar refractivity (Wildman–Crippen MR) is 63.1 cm³/mol. The molecule has 15 heavy (non-hydrogen) atoms.